The number of likely N-dealkylation sites (N-methyl/N-ethyl adjacent to an activating group) is 1. The van der Waals surface area contributed by atoms with Crippen LogP contribution in [0.15, 0.2) is 48.6 Å². The van der Waals surface area contributed by atoms with Crippen molar-refractivity contribution in [3.63, 3.8) is 0 Å². The molecule has 8 rings (SSSR count). The van der Waals surface area contributed by atoms with Gasteiger partial charge in [-0.25, -0.2) is 0 Å². The minimum Gasteiger partial charge on any atom is -0.493 e. The van der Waals surface area contributed by atoms with Gasteiger partial charge in [0.15, 0.2) is 11.5 Å². The van der Waals surface area contributed by atoms with Gasteiger partial charge in [0.1, 0.15) is 11.7 Å². The zero-order valence-corrected chi connectivity index (χ0v) is 19.6. The van der Waals surface area contributed by atoms with Gasteiger partial charge in [-0.1, -0.05) is 30.4 Å². The Bertz CT molecular complexity index is 1280. The Kier molecular flexibility index (Phi) is 3.85. The van der Waals surface area contributed by atoms with Crippen LogP contribution in [0.25, 0.3) is 0 Å². The van der Waals surface area contributed by atoms with E-state index in [1.165, 1.54) is 11.1 Å². The fraction of sp³-hybridized carbons (Fsp3) is 0.481. The average molecular weight is 461 g/mol. The lowest BCUT2D eigenvalue weighted by molar-refractivity contribution is -0.385. The number of nitro groups is 1. The van der Waals surface area contributed by atoms with Gasteiger partial charge in [0.05, 0.1) is 17.4 Å². The van der Waals surface area contributed by atoms with Crippen molar-refractivity contribution in [1.29, 1.82) is 0 Å². The van der Waals surface area contributed by atoms with Crippen LogP contribution in [0.3, 0.4) is 0 Å². The van der Waals surface area contributed by atoms with E-state index < -0.39 is 5.60 Å². The van der Waals surface area contributed by atoms with Gasteiger partial charge in [-0.2, -0.15) is 0 Å². The van der Waals surface area contributed by atoms with Crippen molar-refractivity contribution >= 4 is 5.69 Å². The standard InChI is InChI=1S/C27H28N2O5/c1-28-12-11-26-22-17-7-8-20(32-2)23(22)34-24(26)27(33-3)10-9-25(26,21(28)14-17)15-19(27)16-5-4-6-18(13-16)29(30)31/h4-10,13,19,21,24H,11-12,14-15H2,1-3H3/t19-,21-,24-,25-,26+,27+/m1/s1. The molecule has 1 saturated carbocycles. The number of nitrogens with zero attached hydrogens (tertiary/aromatic N) is 2. The Balaban J connectivity index is 1.51. The van der Waals surface area contributed by atoms with Crippen molar-refractivity contribution in [3.8, 4) is 11.5 Å². The molecule has 7 nitrogen and oxygen atoms in total. The van der Waals surface area contributed by atoms with E-state index in [4.69, 9.17) is 14.2 Å². The fourth-order valence-corrected chi connectivity index (χ4v) is 8.44. The molecule has 34 heavy (non-hydrogen) atoms. The van der Waals surface area contributed by atoms with Gasteiger partial charge in [-0.3, -0.25) is 10.1 Å². The van der Waals surface area contributed by atoms with Gasteiger partial charge >= 0.3 is 0 Å². The first kappa shape index (κ1) is 20.5. The number of hydrogen-bond acceptors (Lipinski definition) is 6. The zero-order chi connectivity index (χ0) is 23.5. The Morgan fingerprint density at radius 3 is 2.82 bits per heavy atom. The van der Waals surface area contributed by atoms with Crippen molar-refractivity contribution in [1.82, 2.24) is 4.90 Å². The van der Waals surface area contributed by atoms with Crippen LogP contribution >= 0.6 is 0 Å². The van der Waals surface area contributed by atoms with E-state index in [9.17, 15) is 10.1 Å². The first-order chi connectivity index (χ1) is 16.4. The largest absolute Gasteiger partial charge is 0.493 e. The molecule has 176 valence electrons. The Labute approximate surface area is 198 Å². The van der Waals surface area contributed by atoms with Gasteiger partial charge in [0.2, 0.25) is 0 Å². The predicted molar refractivity (Wildman–Crippen MR) is 126 cm³/mol. The summed E-state index contributed by atoms with van der Waals surface area (Å²) in [4.78, 5) is 13.8. The molecule has 2 fully saturated rings. The molecule has 1 saturated heterocycles. The summed E-state index contributed by atoms with van der Waals surface area (Å²) >= 11 is 0. The third-order valence-corrected chi connectivity index (χ3v) is 9.76. The summed E-state index contributed by atoms with van der Waals surface area (Å²) in [6, 6.07) is 11.6. The van der Waals surface area contributed by atoms with Crippen LogP contribution < -0.4 is 9.47 Å². The number of piperidine rings is 1. The van der Waals surface area contributed by atoms with Crippen LogP contribution in [0, 0.1) is 15.5 Å². The molecule has 2 aliphatic heterocycles. The van der Waals surface area contributed by atoms with Crippen LogP contribution in [0.4, 0.5) is 5.69 Å². The van der Waals surface area contributed by atoms with E-state index in [2.05, 4.69) is 30.2 Å². The van der Waals surface area contributed by atoms with Crippen LogP contribution in [-0.4, -0.2) is 55.4 Å². The van der Waals surface area contributed by atoms with Crippen LogP contribution in [0.1, 0.15) is 35.4 Å². The van der Waals surface area contributed by atoms with Gasteiger partial charge in [-0.15, -0.1) is 0 Å². The first-order valence-corrected chi connectivity index (χ1v) is 12.0. The van der Waals surface area contributed by atoms with Crippen molar-refractivity contribution in [2.75, 3.05) is 27.8 Å². The molecule has 6 aliphatic rings. The van der Waals surface area contributed by atoms with Crippen molar-refractivity contribution in [3.05, 3.63) is 75.4 Å². The molecular weight excluding hydrogens is 432 g/mol. The number of ether oxygens (including phenoxy) is 3. The summed E-state index contributed by atoms with van der Waals surface area (Å²) in [6.45, 7) is 0.997. The molecule has 0 unspecified atom stereocenters. The van der Waals surface area contributed by atoms with Crippen LogP contribution in [-0.2, 0) is 16.6 Å². The third kappa shape index (κ3) is 2.04. The van der Waals surface area contributed by atoms with Crippen LogP contribution in [0.5, 0.6) is 11.5 Å². The van der Waals surface area contributed by atoms with Crippen molar-refractivity contribution < 1.29 is 19.1 Å². The summed E-state index contributed by atoms with van der Waals surface area (Å²) < 4.78 is 19.1. The van der Waals surface area contributed by atoms with Gasteiger partial charge in [0.25, 0.3) is 5.69 Å². The number of hydrogen-bond donors (Lipinski definition) is 0. The number of likely N-dealkylation sites (tertiary alicyclic amines) is 1. The fourth-order valence-electron chi connectivity index (χ4n) is 8.44. The number of rotatable bonds is 4. The summed E-state index contributed by atoms with van der Waals surface area (Å²) in [5, 5.41) is 11.6. The minimum atomic E-state index is -0.726. The Hall–Kier alpha value is -2.90. The van der Waals surface area contributed by atoms with E-state index in [0.717, 1.165) is 42.9 Å². The maximum atomic E-state index is 11.6. The van der Waals surface area contributed by atoms with Crippen molar-refractivity contribution in [2.24, 2.45) is 5.41 Å². The molecule has 0 amide bonds. The second-order valence-electron chi connectivity index (χ2n) is 10.6. The highest BCUT2D eigenvalue weighted by atomic mass is 16.6. The summed E-state index contributed by atoms with van der Waals surface area (Å²) in [6.07, 6.45) is 7.21. The highest BCUT2D eigenvalue weighted by Gasteiger charge is 2.79. The Morgan fingerprint density at radius 1 is 1.21 bits per heavy atom. The number of fused-ring (bicyclic) bond motifs is 1. The molecule has 2 spiro atoms. The van der Waals surface area contributed by atoms with Gasteiger partial charge < -0.3 is 19.1 Å². The topological polar surface area (TPSA) is 74.1 Å². The monoisotopic (exact) mass is 460 g/mol. The molecule has 6 atom stereocenters. The molecule has 0 radical (unpaired) electrons. The summed E-state index contributed by atoms with van der Waals surface area (Å²) in [5.74, 6) is 1.58. The molecule has 2 heterocycles. The molecule has 0 aromatic heterocycles. The van der Waals surface area contributed by atoms with Gasteiger partial charge in [-0.05, 0) is 50.0 Å². The molecule has 2 aromatic carbocycles. The van der Waals surface area contributed by atoms with E-state index in [1.807, 2.05) is 12.1 Å². The molecule has 4 bridgehead atoms. The zero-order valence-electron chi connectivity index (χ0n) is 19.6. The highest BCUT2D eigenvalue weighted by Crippen LogP contribution is 2.75. The smallest absolute Gasteiger partial charge is 0.269 e. The second kappa shape index (κ2) is 6.40. The normalized spacial score (nSPS) is 38.4. The Morgan fingerprint density at radius 2 is 2.06 bits per heavy atom. The maximum Gasteiger partial charge on any atom is 0.269 e. The lowest BCUT2D eigenvalue weighted by atomic mass is 9.37. The molecule has 7 heteroatoms. The second-order valence-corrected chi connectivity index (χ2v) is 10.6. The quantitative estimate of drug-likeness (QED) is 0.390. The van der Waals surface area contributed by atoms with Crippen LogP contribution in [0.2, 0.25) is 0 Å². The van der Waals surface area contributed by atoms with Gasteiger partial charge in [0, 0.05) is 42.2 Å². The highest BCUT2D eigenvalue weighted by molar-refractivity contribution is 5.66. The number of methoxy groups -OCH3 is 2. The van der Waals surface area contributed by atoms with Crippen molar-refractivity contribution in [2.45, 2.75) is 48.3 Å². The van der Waals surface area contributed by atoms with E-state index in [1.54, 1.807) is 32.4 Å². The average Bonchev–Trinajstić information content (AvgIpc) is 3.23. The molecule has 0 N–H and O–H groups in total. The van der Waals surface area contributed by atoms with E-state index in [-0.39, 0.29) is 33.5 Å². The number of non-ortho nitro benzene ring substituents is 1. The lowest BCUT2D eigenvalue weighted by Gasteiger charge is -2.71. The van der Waals surface area contributed by atoms with E-state index in [0.29, 0.717) is 6.04 Å². The summed E-state index contributed by atoms with van der Waals surface area (Å²) in [7, 11) is 5.68. The van der Waals surface area contributed by atoms with E-state index >= 15 is 0 Å². The minimum absolute atomic E-state index is 0.0589. The molecule has 4 aliphatic carbocycles. The molecule has 2 aromatic rings. The molecular formula is C27H28N2O5. The SMILES string of the molecule is COc1ccc2c3c1O[C@H]1[C@]4(OC)C=C[C@@]5(C[C@@H]4c4cccc([N+](=O)[O-])c4)[C@@H](C2)N(C)CC[C@]315. The third-order valence-electron chi connectivity index (χ3n) is 9.76. The summed E-state index contributed by atoms with van der Waals surface area (Å²) in [5.41, 5.74) is 2.63. The lowest BCUT2D eigenvalue weighted by Crippen LogP contribution is -2.78. The predicted octanol–water partition coefficient (Wildman–Crippen LogP) is 3.99. The first-order valence-electron chi connectivity index (χ1n) is 12.0. The maximum absolute atomic E-state index is 11.6. The number of nitro benzene ring substituents is 1. The number of benzene rings is 2.